The molecule has 0 saturated heterocycles. The van der Waals surface area contributed by atoms with Crippen LogP contribution in [0.1, 0.15) is 0 Å². The molecule has 0 amide bonds. The number of nitriles is 1. The van der Waals surface area contributed by atoms with Crippen molar-refractivity contribution in [3.05, 3.63) is 70.6 Å². The van der Waals surface area contributed by atoms with Gasteiger partial charge in [0.05, 0.1) is 17.1 Å². The molecule has 4 nitrogen and oxygen atoms in total. The Balaban J connectivity index is 1.48. The standard InChI is InChI=1S/C21H15N3OS3/c1-24-17-9-5-6-10-19(17)28-20(24)15(11-22)18(25)13-27-21-23-16(12-26-21)14-7-3-2-4-8-14/h2-10,12H,13H2,1H3/b20-15+. The first-order chi connectivity index (χ1) is 13.7. The van der Waals surface area contributed by atoms with Gasteiger partial charge in [0.15, 0.2) is 10.1 Å². The zero-order chi connectivity index (χ0) is 19.5. The molecular weight excluding hydrogens is 406 g/mol. The number of thiazole rings is 1. The van der Waals surface area contributed by atoms with Crippen molar-refractivity contribution in [1.82, 2.24) is 4.98 Å². The molecule has 7 heteroatoms. The summed E-state index contributed by atoms with van der Waals surface area (Å²) in [5, 5.41) is 12.3. The molecule has 0 bridgehead atoms. The van der Waals surface area contributed by atoms with Crippen LogP contribution in [0.15, 0.2) is 79.8 Å². The Morgan fingerprint density at radius 1 is 1.18 bits per heavy atom. The van der Waals surface area contributed by atoms with Crippen LogP contribution in [0.4, 0.5) is 5.69 Å². The fraction of sp³-hybridized carbons (Fsp3) is 0.0952. The second kappa shape index (κ2) is 8.23. The van der Waals surface area contributed by atoms with Crippen molar-refractivity contribution in [1.29, 1.82) is 5.26 Å². The SMILES string of the molecule is CN1/C(=C(/C#N)C(=O)CSc2nc(-c3ccccc3)cs2)Sc2ccccc21. The number of carbonyl (C=O) groups excluding carboxylic acids is 1. The average molecular weight is 422 g/mol. The fourth-order valence-electron chi connectivity index (χ4n) is 2.82. The summed E-state index contributed by atoms with van der Waals surface area (Å²) in [6, 6.07) is 20.0. The number of nitrogens with zero attached hydrogens (tertiary/aromatic N) is 3. The number of thioether (sulfide) groups is 2. The molecule has 0 spiro atoms. The summed E-state index contributed by atoms with van der Waals surface area (Å²) in [6.07, 6.45) is 0. The number of hydrogen-bond acceptors (Lipinski definition) is 7. The molecule has 1 aliphatic rings. The van der Waals surface area contributed by atoms with Crippen molar-refractivity contribution in [3.8, 4) is 17.3 Å². The Morgan fingerprint density at radius 2 is 1.93 bits per heavy atom. The van der Waals surface area contributed by atoms with Gasteiger partial charge in [-0.15, -0.1) is 11.3 Å². The van der Waals surface area contributed by atoms with E-state index in [0.29, 0.717) is 5.03 Å². The van der Waals surface area contributed by atoms with E-state index >= 15 is 0 Å². The van der Waals surface area contributed by atoms with Crippen LogP contribution in [0.3, 0.4) is 0 Å². The average Bonchev–Trinajstić information content (AvgIpc) is 3.33. The van der Waals surface area contributed by atoms with E-state index in [1.54, 1.807) is 0 Å². The van der Waals surface area contributed by atoms with Gasteiger partial charge in [-0.2, -0.15) is 5.26 Å². The number of para-hydroxylation sites is 1. The summed E-state index contributed by atoms with van der Waals surface area (Å²) in [6.45, 7) is 0. The number of ketones is 1. The molecule has 0 aliphatic carbocycles. The molecule has 0 N–H and O–H groups in total. The zero-order valence-corrected chi connectivity index (χ0v) is 17.4. The highest BCUT2D eigenvalue weighted by molar-refractivity contribution is 8.04. The number of rotatable bonds is 5. The predicted octanol–water partition coefficient (Wildman–Crippen LogP) is 5.45. The minimum atomic E-state index is -0.175. The fourth-order valence-corrected chi connectivity index (χ4v) is 5.68. The summed E-state index contributed by atoms with van der Waals surface area (Å²) in [5.74, 6) is 0.0184. The van der Waals surface area contributed by atoms with Crippen molar-refractivity contribution in [2.24, 2.45) is 0 Å². The summed E-state index contributed by atoms with van der Waals surface area (Å²) < 4.78 is 0.824. The van der Waals surface area contributed by atoms with Crippen molar-refractivity contribution in [2.75, 3.05) is 17.7 Å². The van der Waals surface area contributed by atoms with Gasteiger partial charge in [-0.25, -0.2) is 4.98 Å². The number of allylic oxidation sites excluding steroid dienone is 1. The highest BCUT2D eigenvalue weighted by Crippen LogP contribution is 2.46. The summed E-state index contributed by atoms with van der Waals surface area (Å²) in [5.41, 5.74) is 3.18. The lowest BCUT2D eigenvalue weighted by Gasteiger charge is -2.14. The van der Waals surface area contributed by atoms with Crippen LogP contribution in [0.25, 0.3) is 11.3 Å². The molecule has 3 aromatic rings. The molecule has 28 heavy (non-hydrogen) atoms. The third kappa shape index (κ3) is 3.72. The number of hydrogen-bond donors (Lipinski definition) is 0. The molecule has 1 aromatic heterocycles. The lowest BCUT2D eigenvalue weighted by Crippen LogP contribution is -2.16. The number of carbonyl (C=O) groups is 1. The predicted molar refractivity (Wildman–Crippen MR) is 117 cm³/mol. The maximum absolute atomic E-state index is 12.7. The first-order valence-corrected chi connectivity index (χ1v) is 11.2. The lowest BCUT2D eigenvalue weighted by atomic mass is 10.2. The van der Waals surface area contributed by atoms with E-state index in [0.717, 1.165) is 26.2 Å². The minimum Gasteiger partial charge on any atom is -0.337 e. The van der Waals surface area contributed by atoms with Crippen LogP contribution in [-0.2, 0) is 4.79 Å². The molecule has 4 rings (SSSR count). The number of aromatic nitrogens is 1. The number of Topliss-reactive ketones (excluding diaryl/α,β-unsaturated/α-hetero) is 1. The molecule has 0 radical (unpaired) electrons. The van der Waals surface area contributed by atoms with Gasteiger partial charge < -0.3 is 4.90 Å². The third-order valence-electron chi connectivity index (χ3n) is 4.22. The second-order valence-corrected chi connectivity index (χ2v) is 9.11. The van der Waals surface area contributed by atoms with Crippen LogP contribution in [0.2, 0.25) is 0 Å². The number of benzene rings is 2. The summed E-state index contributed by atoms with van der Waals surface area (Å²) in [4.78, 5) is 20.3. The van der Waals surface area contributed by atoms with Gasteiger partial charge in [-0.3, -0.25) is 4.79 Å². The van der Waals surface area contributed by atoms with E-state index in [4.69, 9.17) is 0 Å². The molecule has 1 aliphatic heterocycles. The highest BCUT2D eigenvalue weighted by atomic mass is 32.2. The number of fused-ring (bicyclic) bond motifs is 1. The smallest absolute Gasteiger partial charge is 0.186 e. The van der Waals surface area contributed by atoms with Crippen LogP contribution in [0, 0.1) is 11.3 Å². The second-order valence-electron chi connectivity index (χ2n) is 6.00. The van der Waals surface area contributed by atoms with Gasteiger partial charge in [0, 0.05) is 22.9 Å². The van der Waals surface area contributed by atoms with Gasteiger partial charge in [-0.1, -0.05) is 66.0 Å². The van der Waals surface area contributed by atoms with Crippen LogP contribution < -0.4 is 4.90 Å². The highest BCUT2D eigenvalue weighted by Gasteiger charge is 2.27. The molecule has 0 unspecified atom stereocenters. The van der Waals surface area contributed by atoms with Gasteiger partial charge in [0.2, 0.25) is 0 Å². The lowest BCUT2D eigenvalue weighted by molar-refractivity contribution is -0.112. The van der Waals surface area contributed by atoms with Gasteiger partial charge in [-0.05, 0) is 12.1 Å². The Labute approximate surface area is 175 Å². The van der Waals surface area contributed by atoms with E-state index < -0.39 is 0 Å². The maximum Gasteiger partial charge on any atom is 0.186 e. The van der Waals surface area contributed by atoms with Crippen molar-refractivity contribution in [2.45, 2.75) is 9.24 Å². The van der Waals surface area contributed by atoms with Crippen molar-refractivity contribution in [3.63, 3.8) is 0 Å². The molecule has 2 heterocycles. The molecule has 138 valence electrons. The van der Waals surface area contributed by atoms with Crippen molar-refractivity contribution >= 4 is 46.3 Å². The van der Waals surface area contributed by atoms with Crippen molar-refractivity contribution < 1.29 is 4.79 Å². The van der Waals surface area contributed by atoms with E-state index in [1.165, 1.54) is 34.9 Å². The molecule has 0 fully saturated rings. The van der Waals surface area contributed by atoms with E-state index in [2.05, 4.69) is 11.1 Å². The molecule has 0 atom stereocenters. The monoisotopic (exact) mass is 421 g/mol. The summed E-state index contributed by atoms with van der Waals surface area (Å²) in [7, 11) is 1.89. The number of anilines is 1. The van der Waals surface area contributed by atoms with E-state index in [-0.39, 0.29) is 17.1 Å². The quantitative estimate of drug-likeness (QED) is 0.310. The Morgan fingerprint density at radius 3 is 2.68 bits per heavy atom. The topological polar surface area (TPSA) is 57.0 Å². The van der Waals surface area contributed by atoms with Crippen LogP contribution >= 0.6 is 34.9 Å². The summed E-state index contributed by atoms with van der Waals surface area (Å²) >= 11 is 4.36. The first kappa shape index (κ1) is 18.8. The largest absolute Gasteiger partial charge is 0.337 e. The minimum absolute atomic E-state index is 0.175. The van der Waals surface area contributed by atoms with E-state index in [1.807, 2.05) is 71.9 Å². The van der Waals surface area contributed by atoms with Crippen LogP contribution in [0.5, 0.6) is 0 Å². The maximum atomic E-state index is 12.7. The molecule has 2 aromatic carbocycles. The van der Waals surface area contributed by atoms with E-state index in [9.17, 15) is 10.1 Å². The molecule has 0 saturated carbocycles. The molecular formula is C21H15N3OS3. The van der Waals surface area contributed by atoms with Crippen LogP contribution in [-0.4, -0.2) is 23.6 Å². The van der Waals surface area contributed by atoms with Gasteiger partial charge in [0.25, 0.3) is 0 Å². The van der Waals surface area contributed by atoms with Gasteiger partial charge >= 0.3 is 0 Å². The first-order valence-electron chi connectivity index (χ1n) is 8.49. The van der Waals surface area contributed by atoms with Gasteiger partial charge in [0.1, 0.15) is 16.7 Å². The normalized spacial score (nSPS) is 14.5. The third-order valence-corrected chi connectivity index (χ3v) is 7.48. The Kier molecular flexibility index (Phi) is 5.53. The zero-order valence-electron chi connectivity index (χ0n) is 15.0. The Bertz CT molecular complexity index is 1100. The Hall–Kier alpha value is -2.53.